The van der Waals surface area contributed by atoms with Gasteiger partial charge in [-0.15, -0.1) is 0 Å². The predicted molar refractivity (Wildman–Crippen MR) is 118 cm³/mol. The number of thioether (sulfide) groups is 2. The van der Waals surface area contributed by atoms with Crippen LogP contribution in [0.4, 0.5) is 0 Å². The van der Waals surface area contributed by atoms with Crippen LogP contribution < -0.4 is 0 Å². The second kappa shape index (κ2) is 8.98. The minimum absolute atomic E-state index is 0.259. The Morgan fingerprint density at radius 2 is 2.04 bits per heavy atom. The molecule has 2 heterocycles. The zero-order valence-electron chi connectivity index (χ0n) is 15.4. The quantitative estimate of drug-likeness (QED) is 0.503. The van der Waals surface area contributed by atoms with Crippen molar-refractivity contribution in [3.63, 3.8) is 0 Å². The molecule has 1 aromatic heterocycles. The zero-order valence-corrected chi connectivity index (χ0v) is 17.8. The monoisotopic (exact) mass is 433 g/mol. The Labute approximate surface area is 177 Å². The molecule has 1 aliphatic rings. The van der Waals surface area contributed by atoms with Crippen molar-refractivity contribution >= 4 is 58.0 Å². The highest BCUT2D eigenvalue weighted by molar-refractivity contribution is 8.26. The lowest BCUT2D eigenvalue weighted by atomic mass is 10.1. The van der Waals surface area contributed by atoms with E-state index in [1.807, 2.05) is 43.5 Å². The van der Waals surface area contributed by atoms with E-state index in [2.05, 4.69) is 0 Å². The fourth-order valence-corrected chi connectivity index (χ4v) is 4.57. The van der Waals surface area contributed by atoms with Crippen molar-refractivity contribution in [2.24, 2.45) is 0 Å². The number of carboxylic acid groups (broad SMARTS) is 1. The largest absolute Gasteiger partial charge is 0.480 e. The van der Waals surface area contributed by atoms with Gasteiger partial charge in [0, 0.05) is 11.6 Å². The molecule has 1 saturated heterocycles. The maximum atomic E-state index is 12.8. The fourth-order valence-electron chi connectivity index (χ4n) is 2.77. The van der Waals surface area contributed by atoms with E-state index >= 15 is 0 Å². The summed E-state index contributed by atoms with van der Waals surface area (Å²) in [4.78, 5) is 26.0. The molecule has 28 heavy (non-hydrogen) atoms. The van der Waals surface area contributed by atoms with E-state index in [1.165, 1.54) is 16.7 Å². The van der Waals surface area contributed by atoms with Gasteiger partial charge in [-0.3, -0.25) is 9.69 Å². The number of thiocarbonyl (C=S) groups is 1. The van der Waals surface area contributed by atoms with Crippen LogP contribution in [0.1, 0.15) is 17.7 Å². The average molecular weight is 434 g/mol. The molecular formula is C20H19NO4S3. The molecule has 1 N–H and O–H groups in total. The summed E-state index contributed by atoms with van der Waals surface area (Å²) in [5.74, 6) is 0.408. The van der Waals surface area contributed by atoms with Gasteiger partial charge >= 0.3 is 5.97 Å². The Hall–Kier alpha value is -2.03. The normalized spacial score (nSPS) is 16.8. The Bertz CT molecular complexity index is 933. The average Bonchev–Trinajstić information content (AvgIpc) is 3.22. The number of hydrogen-bond acceptors (Lipinski definition) is 6. The van der Waals surface area contributed by atoms with Crippen LogP contribution in [0.5, 0.6) is 0 Å². The second-order valence-corrected chi connectivity index (χ2v) is 8.92. The first-order chi connectivity index (χ1) is 13.4. The third-order valence-electron chi connectivity index (χ3n) is 4.25. The van der Waals surface area contributed by atoms with Crippen LogP contribution in [0, 0.1) is 6.92 Å². The summed E-state index contributed by atoms with van der Waals surface area (Å²) < 4.78 is 6.10. The van der Waals surface area contributed by atoms with E-state index in [0.717, 1.165) is 22.9 Å². The summed E-state index contributed by atoms with van der Waals surface area (Å²) in [6.07, 6.45) is 3.85. The number of carbonyl (C=O) groups excluding carboxylic acids is 1. The highest BCUT2D eigenvalue weighted by Crippen LogP contribution is 2.35. The molecule has 1 unspecified atom stereocenters. The Morgan fingerprint density at radius 1 is 1.32 bits per heavy atom. The van der Waals surface area contributed by atoms with Crippen molar-refractivity contribution < 1.29 is 19.1 Å². The smallest absolute Gasteiger partial charge is 0.326 e. The SMILES string of the molecule is CSCCC(C(=O)O)N1C(=O)/C(=C\c2ccc(-c3ccc(C)cc3)o2)SC1=S. The molecule has 2 aromatic rings. The number of benzene rings is 1. The van der Waals surface area contributed by atoms with Crippen LogP contribution in [0.25, 0.3) is 17.4 Å². The maximum absolute atomic E-state index is 12.8. The first kappa shape index (κ1) is 20.7. The van der Waals surface area contributed by atoms with Gasteiger partial charge in [0.2, 0.25) is 0 Å². The molecular weight excluding hydrogens is 414 g/mol. The van der Waals surface area contributed by atoms with Gasteiger partial charge in [0.15, 0.2) is 0 Å². The van der Waals surface area contributed by atoms with Crippen LogP contribution >= 0.6 is 35.7 Å². The van der Waals surface area contributed by atoms with Gasteiger partial charge in [0.25, 0.3) is 5.91 Å². The van der Waals surface area contributed by atoms with Crippen molar-refractivity contribution in [3.8, 4) is 11.3 Å². The van der Waals surface area contributed by atoms with Crippen LogP contribution in [0.15, 0.2) is 45.7 Å². The van der Waals surface area contributed by atoms with Crippen LogP contribution in [-0.2, 0) is 9.59 Å². The number of amides is 1. The van der Waals surface area contributed by atoms with E-state index in [4.69, 9.17) is 16.6 Å². The molecule has 1 fully saturated rings. The molecule has 3 rings (SSSR count). The molecule has 0 bridgehead atoms. The van der Waals surface area contributed by atoms with Gasteiger partial charge in [-0.25, -0.2) is 4.79 Å². The first-order valence-electron chi connectivity index (χ1n) is 8.56. The van der Waals surface area contributed by atoms with Gasteiger partial charge in [0.05, 0.1) is 4.91 Å². The number of hydrogen-bond donors (Lipinski definition) is 1. The molecule has 1 aliphatic heterocycles. The van der Waals surface area contributed by atoms with E-state index in [9.17, 15) is 14.7 Å². The minimum atomic E-state index is -1.05. The lowest BCUT2D eigenvalue weighted by molar-refractivity contribution is -0.145. The van der Waals surface area contributed by atoms with Crippen LogP contribution in [-0.4, -0.2) is 44.3 Å². The number of aliphatic carboxylic acids is 1. The van der Waals surface area contributed by atoms with Gasteiger partial charge in [-0.05, 0) is 37.5 Å². The standard InChI is InChI=1S/C20H19NO4S3/c1-12-3-5-13(6-4-12)16-8-7-14(25-16)11-17-18(22)21(20(26)28-17)15(19(23)24)9-10-27-2/h3-8,11,15H,9-10H2,1-2H3,(H,23,24)/b17-11+. The second-order valence-electron chi connectivity index (χ2n) is 6.26. The number of carbonyl (C=O) groups is 2. The Kier molecular flexibility index (Phi) is 6.64. The molecule has 0 saturated carbocycles. The summed E-state index contributed by atoms with van der Waals surface area (Å²) >= 11 is 7.91. The highest BCUT2D eigenvalue weighted by atomic mass is 32.2. The van der Waals surface area contributed by atoms with Crippen molar-refractivity contribution in [1.29, 1.82) is 0 Å². The zero-order chi connectivity index (χ0) is 20.3. The molecule has 146 valence electrons. The molecule has 1 amide bonds. The number of aryl methyl sites for hydroxylation is 1. The number of furan rings is 1. The van der Waals surface area contributed by atoms with Crippen molar-refractivity contribution in [1.82, 2.24) is 4.90 Å². The lowest BCUT2D eigenvalue weighted by Crippen LogP contribution is -2.44. The lowest BCUT2D eigenvalue weighted by Gasteiger charge is -2.22. The summed E-state index contributed by atoms with van der Waals surface area (Å²) in [6.45, 7) is 2.02. The third kappa shape index (κ3) is 4.51. The van der Waals surface area contributed by atoms with Gasteiger partial charge in [-0.1, -0.05) is 53.8 Å². The summed E-state index contributed by atoms with van der Waals surface area (Å²) in [6, 6.07) is 10.6. The molecule has 1 aromatic carbocycles. The van der Waals surface area contributed by atoms with Gasteiger partial charge in [0.1, 0.15) is 21.9 Å². The molecule has 1 atom stereocenters. The van der Waals surface area contributed by atoms with Gasteiger partial charge < -0.3 is 9.52 Å². The van der Waals surface area contributed by atoms with Crippen molar-refractivity contribution in [2.45, 2.75) is 19.4 Å². The first-order valence-corrected chi connectivity index (χ1v) is 11.2. The predicted octanol–water partition coefficient (Wildman–Crippen LogP) is 4.66. The Balaban J connectivity index is 1.82. The number of carboxylic acids is 1. The molecule has 5 nitrogen and oxygen atoms in total. The van der Waals surface area contributed by atoms with Crippen LogP contribution in [0.2, 0.25) is 0 Å². The summed E-state index contributed by atoms with van der Waals surface area (Å²) in [5, 5.41) is 9.51. The fraction of sp³-hybridized carbons (Fsp3) is 0.250. The minimum Gasteiger partial charge on any atom is -0.480 e. The van der Waals surface area contributed by atoms with E-state index in [-0.39, 0.29) is 4.32 Å². The molecule has 0 spiro atoms. The summed E-state index contributed by atoms with van der Waals surface area (Å²) in [5.41, 5.74) is 2.11. The summed E-state index contributed by atoms with van der Waals surface area (Å²) in [7, 11) is 0. The van der Waals surface area contributed by atoms with E-state index < -0.39 is 17.9 Å². The number of rotatable bonds is 7. The van der Waals surface area contributed by atoms with Crippen molar-refractivity contribution in [3.05, 3.63) is 52.6 Å². The van der Waals surface area contributed by atoms with Crippen LogP contribution in [0.3, 0.4) is 0 Å². The Morgan fingerprint density at radius 3 is 2.68 bits per heavy atom. The maximum Gasteiger partial charge on any atom is 0.326 e. The van der Waals surface area contributed by atoms with E-state index in [1.54, 1.807) is 12.1 Å². The molecule has 0 aliphatic carbocycles. The van der Waals surface area contributed by atoms with Gasteiger partial charge in [-0.2, -0.15) is 11.8 Å². The van der Waals surface area contributed by atoms with E-state index in [0.29, 0.717) is 28.6 Å². The highest BCUT2D eigenvalue weighted by Gasteiger charge is 2.40. The topological polar surface area (TPSA) is 70.8 Å². The third-order valence-corrected chi connectivity index (χ3v) is 6.23. The number of nitrogens with zero attached hydrogens (tertiary/aromatic N) is 1. The molecule has 8 heteroatoms. The molecule has 0 radical (unpaired) electrons. The van der Waals surface area contributed by atoms with Crippen molar-refractivity contribution in [2.75, 3.05) is 12.0 Å².